The number of carbonyl (C=O) groups is 1. The van der Waals surface area contributed by atoms with Crippen molar-refractivity contribution >= 4 is 5.91 Å². The van der Waals surface area contributed by atoms with Gasteiger partial charge in [0.15, 0.2) is 0 Å². The van der Waals surface area contributed by atoms with Crippen LogP contribution in [0.25, 0.3) is 0 Å². The number of nitrogens with one attached hydrogen (secondary N) is 1. The zero-order valence-electron chi connectivity index (χ0n) is 8.42. The van der Waals surface area contributed by atoms with Gasteiger partial charge in [-0.2, -0.15) is 0 Å². The van der Waals surface area contributed by atoms with Gasteiger partial charge in [0, 0.05) is 38.1 Å². The highest BCUT2D eigenvalue weighted by molar-refractivity contribution is 5.78. The molecule has 1 saturated heterocycles. The van der Waals surface area contributed by atoms with Gasteiger partial charge in [0.25, 0.3) is 0 Å². The normalized spacial score (nSPS) is 23.7. The highest BCUT2D eigenvalue weighted by atomic mass is 16.2. The van der Waals surface area contributed by atoms with Crippen molar-refractivity contribution < 1.29 is 4.79 Å². The minimum Gasteiger partial charge on any atom is -0.340 e. The molecule has 76 valence electrons. The van der Waals surface area contributed by atoms with Crippen LogP contribution in [0, 0.1) is 5.92 Å². The number of hydrogen-bond acceptors (Lipinski definition) is 3. The number of rotatable bonds is 2. The fourth-order valence-corrected chi connectivity index (χ4v) is 1.55. The highest BCUT2D eigenvalue weighted by Crippen LogP contribution is 2.04. The second kappa shape index (κ2) is 4.58. The molecule has 1 unspecified atom stereocenters. The first kappa shape index (κ1) is 10.5. The minimum atomic E-state index is 0.0940. The van der Waals surface area contributed by atoms with Crippen molar-refractivity contribution in [1.29, 1.82) is 0 Å². The smallest absolute Gasteiger partial charge is 0.225 e. The molecule has 0 aromatic heterocycles. The summed E-state index contributed by atoms with van der Waals surface area (Å²) in [5.74, 6) is 0.330. The van der Waals surface area contributed by atoms with E-state index in [0.29, 0.717) is 6.54 Å². The molecule has 4 heteroatoms. The predicted molar refractivity (Wildman–Crippen MR) is 52.3 cm³/mol. The third kappa shape index (κ3) is 2.67. The molecule has 13 heavy (non-hydrogen) atoms. The van der Waals surface area contributed by atoms with E-state index in [1.165, 1.54) is 0 Å². The molecule has 1 rings (SSSR count). The Morgan fingerprint density at radius 3 is 2.92 bits per heavy atom. The van der Waals surface area contributed by atoms with Crippen LogP contribution in [-0.2, 0) is 4.79 Å². The lowest BCUT2D eigenvalue weighted by atomic mass is 10.1. The maximum atomic E-state index is 11.6. The molecule has 0 saturated carbocycles. The molecule has 0 spiro atoms. The van der Waals surface area contributed by atoms with Gasteiger partial charge in [-0.25, -0.2) is 0 Å². The van der Waals surface area contributed by atoms with Crippen molar-refractivity contribution in [2.45, 2.75) is 19.9 Å². The Balaban J connectivity index is 2.46. The SMILES string of the molecule is CC(C)C(=O)N1CCNC(CN)C1. The summed E-state index contributed by atoms with van der Waals surface area (Å²) in [5, 5.41) is 3.27. The van der Waals surface area contributed by atoms with Gasteiger partial charge in [-0.3, -0.25) is 4.79 Å². The molecular formula is C9H19N3O. The zero-order valence-corrected chi connectivity index (χ0v) is 8.42. The number of nitrogens with zero attached hydrogens (tertiary/aromatic N) is 1. The first-order valence-corrected chi connectivity index (χ1v) is 4.87. The summed E-state index contributed by atoms with van der Waals surface area (Å²) in [6.07, 6.45) is 0. The van der Waals surface area contributed by atoms with Crippen LogP contribution in [0.2, 0.25) is 0 Å². The van der Waals surface area contributed by atoms with Gasteiger partial charge >= 0.3 is 0 Å². The third-order valence-corrected chi connectivity index (χ3v) is 2.35. The maximum absolute atomic E-state index is 11.6. The molecule has 4 nitrogen and oxygen atoms in total. The molecule has 0 aromatic carbocycles. The summed E-state index contributed by atoms with van der Waals surface area (Å²) in [6.45, 7) is 6.90. The molecule has 0 radical (unpaired) electrons. The monoisotopic (exact) mass is 185 g/mol. The van der Waals surface area contributed by atoms with Crippen molar-refractivity contribution in [1.82, 2.24) is 10.2 Å². The Kier molecular flexibility index (Phi) is 3.69. The summed E-state index contributed by atoms with van der Waals surface area (Å²) >= 11 is 0. The highest BCUT2D eigenvalue weighted by Gasteiger charge is 2.23. The van der Waals surface area contributed by atoms with Gasteiger partial charge in [-0.1, -0.05) is 13.8 Å². The van der Waals surface area contributed by atoms with E-state index in [1.54, 1.807) is 0 Å². The zero-order chi connectivity index (χ0) is 9.84. The van der Waals surface area contributed by atoms with Gasteiger partial charge in [0.05, 0.1) is 0 Å². The van der Waals surface area contributed by atoms with Crippen molar-refractivity contribution in [3.05, 3.63) is 0 Å². The number of nitrogens with two attached hydrogens (primary N) is 1. The molecule has 0 bridgehead atoms. The van der Waals surface area contributed by atoms with Crippen LogP contribution in [0.5, 0.6) is 0 Å². The van der Waals surface area contributed by atoms with Crippen LogP contribution in [-0.4, -0.2) is 43.0 Å². The topological polar surface area (TPSA) is 58.4 Å². The Labute approximate surface area is 79.5 Å². The van der Waals surface area contributed by atoms with Crippen LogP contribution in [0.1, 0.15) is 13.8 Å². The second-order valence-electron chi connectivity index (χ2n) is 3.83. The lowest BCUT2D eigenvalue weighted by molar-refractivity contribution is -0.135. The lowest BCUT2D eigenvalue weighted by Gasteiger charge is -2.34. The fraction of sp³-hybridized carbons (Fsp3) is 0.889. The van der Waals surface area contributed by atoms with Gasteiger partial charge in [0.1, 0.15) is 0 Å². The molecule has 1 amide bonds. The van der Waals surface area contributed by atoms with E-state index in [2.05, 4.69) is 5.32 Å². The molecule has 0 aliphatic carbocycles. The van der Waals surface area contributed by atoms with Gasteiger partial charge < -0.3 is 16.0 Å². The summed E-state index contributed by atoms with van der Waals surface area (Å²) in [5.41, 5.74) is 5.54. The summed E-state index contributed by atoms with van der Waals surface area (Å²) in [4.78, 5) is 13.5. The summed E-state index contributed by atoms with van der Waals surface area (Å²) in [7, 11) is 0. The van der Waals surface area contributed by atoms with E-state index in [0.717, 1.165) is 19.6 Å². The minimum absolute atomic E-state index is 0.0940. The van der Waals surface area contributed by atoms with Crippen molar-refractivity contribution in [2.75, 3.05) is 26.2 Å². The number of piperazine rings is 1. The lowest BCUT2D eigenvalue weighted by Crippen LogP contribution is -2.55. The summed E-state index contributed by atoms with van der Waals surface area (Å²) < 4.78 is 0. The van der Waals surface area contributed by atoms with Crippen molar-refractivity contribution in [3.8, 4) is 0 Å². The van der Waals surface area contributed by atoms with Gasteiger partial charge in [-0.05, 0) is 0 Å². The number of hydrogen-bond donors (Lipinski definition) is 2. The van der Waals surface area contributed by atoms with E-state index in [1.807, 2.05) is 18.7 Å². The quantitative estimate of drug-likeness (QED) is 0.604. The van der Waals surface area contributed by atoms with E-state index in [9.17, 15) is 4.79 Å². The van der Waals surface area contributed by atoms with E-state index < -0.39 is 0 Å². The number of carbonyl (C=O) groups excluding carboxylic acids is 1. The average Bonchev–Trinajstić information content (AvgIpc) is 2.16. The molecule has 1 atom stereocenters. The third-order valence-electron chi connectivity index (χ3n) is 2.35. The van der Waals surface area contributed by atoms with Crippen LogP contribution in [0.15, 0.2) is 0 Å². The first-order valence-electron chi connectivity index (χ1n) is 4.87. The molecule has 0 aromatic rings. The van der Waals surface area contributed by atoms with Crippen LogP contribution in [0.3, 0.4) is 0 Å². The van der Waals surface area contributed by atoms with Crippen LogP contribution in [0.4, 0.5) is 0 Å². The van der Waals surface area contributed by atoms with Crippen molar-refractivity contribution in [2.24, 2.45) is 11.7 Å². The second-order valence-corrected chi connectivity index (χ2v) is 3.83. The largest absolute Gasteiger partial charge is 0.340 e. The van der Waals surface area contributed by atoms with Crippen LogP contribution < -0.4 is 11.1 Å². The molecule has 1 fully saturated rings. The standard InChI is InChI=1S/C9H19N3O/c1-7(2)9(13)12-4-3-11-8(5-10)6-12/h7-8,11H,3-6,10H2,1-2H3. The average molecular weight is 185 g/mol. The van der Waals surface area contributed by atoms with Gasteiger partial charge in [-0.15, -0.1) is 0 Å². The van der Waals surface area contributed by atoms with Gasteiger partial charge in [0.2, 0.25) is 5.91 Å². The van der Waals surface area contributed by atoms with E-state index >= 15 is 0 Å². The molecule has 3 N–H and O–H groups in total. The predicted octanol–water partition coefficient (Wildman–Crippen LogP) is -0.598. The molecule has 1 aliphatic heterocycles. The Morgan fingerprint density at radius 1 is 1.69 bits per heavy atom. The van der Waals surface area contributed by atoms with E-state index in [-0.39, 0.29) is 17.9 Å². The van der Waals surface area contributed by atoms with Crippen LogP contribution >= 0.6 is 0 Å². The van der Waals surface area contributed by atoms with E-state index in [4.69, 9.17) is 5.73 Å². The first-order chi connectivity index (χ1) is 6.15. The number of amides is 1. The Hall–Kier alpha value is -0.610. The maximum Gasteiger partial charge on any atom is 0.225 e. The Bertz CT molecular complexity index is 182. The Morgan fingerprint density at radius 2 is 2.38 bits per heavy atom. The molecule has 1 heterocycles. The fourth-order valence-electron chi connectivity index (χ4n) is 1.55. The molecular weight excluding hydrogens is 166 g/mol. The molecule has 1 aliphatic rings. The summed E-state index contributed by atoms with van der Waals surface area (Å²) in [6, 6.07) is 0.274. The van der Waals surface area contributed by atoms with Crippen molar-refractivity contribution in [3.63, 3.8) is 0 Å².